The molecule has 37 heavy (non-hydrogen) atoms. The highest BCUT2D eigenvalue weighted by Gasteiger charge is 2.19. The maximum atomic E-state index is 12.2. The van der Waals surface area contributed by atoms with Crippen molar-refractivity contribution in [3.8, 4) is 0 Å². The van der Waals surface area contributed by atoms with E-state index in [1.165, 1.54) is 135 Å². The molecule has 4 heteroatoms. The second-order valence-corrected chi connectivity index (χ2v) is 11.6. The van der Waals surface area contributed by atoms with Crippen molar-refractivity contribution in [1.82, 2.24) is 5.32 Å². The first-order valence-electron chi connectivity index (χ1n) is 16.7. The van der Waals surface area contributed by atoms with Crippen LogP contribution in [-0.4, -0.2) is 34.9 Å². The van der Waals surface area contributed by atoms with E-state index in [0.717, 1.165) is 25.7 Å². The fourth-order valence-electron chi connectivity index (χ4n) is 5.24. The molecule has 0 heterocycles. The van der Waals surface area contributed by atoms with Gasteiger partial charge in [-0.1, -0.05) is 168 Å². The van der Waals surface area contributed by atoms with Crippen LogP contribution in [0, 0.1) is 0 Å². The molecule has 0 unspecified atom stereocenters. The Balaban J connectivity index is 3.51. The lowest BCUT2D eigenvalue weighted by Crippen LogP contribution is -2.45. The number of hydrogen-bond donors (Lipinski definition) is 3. The van der Waals surface area contributed by atoms with Gasteiger partial charge >= 0.3 is 0 Å². The normalized spacial score (nSPS) is 13.1. The molecule has 4 nitrogen and oxygen atoms in total. The summed E-state index contributed by atoms with van der Waals surface area (Å²) >= 11 is 0. The molecule has 0 rings (SSSR count). The van der Waals surface area contributed by atoms with Gasteiger partial charge < -0.3 is 15.5 Å². The van der Waals surface area contributed by atoms with Gasteiger partial charge in [0.1, 0.15) is 0 Å². The molecule has 3 N–H and O–H groups in total. The Morgan fingerprint density at radius 1 is 0.541 bits per heavy atom. The number of nitrogens with one attached hydrogen (secondary N) is 1. The molecule has 0 radical (unpaired) electrons. The second kappa shape index (κ2) is 29.9. The highest BCUT2D eigenvalue weighted by Crippen LogP contribution is 2.15. The van der Waals surface area contributed by atoms with Crippen molar-refractivity contribution in [3.05, 3.63) is 0 Å². The van der Waals surface area contributed by atoms with Crippen LogP contribution in [-0.2, 0) is 4.79 Å². The maximum absolute atomic E-state index is 12.2. The molecule has 0 aromatic rings. The minimum Gasteiger partial charge on any atom is -0.394 e. The molecule has 0 aromatic heterocycles. The number of hydrogen-bond acceptors (Lipinski definition) is 3. The summed E-state index contributed by atoms with van der Waals surface area (Å²) < 4.78 is 0. The van der Waals surface area contributed by atoms with Gasteiger partial charge in [-0.3, -0.25) is 4.79 Å². The Bertz CT molecular complexity index is 457. The average Bonchev–Trinajstić information content (AvgIpc) is 2.90. The lowest BCUT2D eigenvalue weighted by molar-refractivity contribution is -0.123. The molecule has 0 saturated carbocycles. The van der Waals surface area contributed by atoms with Crippen LogP contribution in [0.4, 0.5) is 0 Å². The van der Waals surface area contributed by atoms with Crippen LogP contribution in [0.5, 0.6) is 0 Å². The average molecular weight is 526 g/mol. The summed E-state index contributed by atoms with van der Waals surface area (Å²) in [5.74, 6) is -0.0357. The Morgan fingerprint density at radius 2 is 0.865 bits per heavy atom. The van der Waals surface area contributed by atoms with Gasteiger partial charge in [-0.25, -0.2) is 0 Å². The van der Waals surface area contributed by atoms with E-state index in [0.29, 0.717) is 12.8 Å². The Kier molecular flexibility index (Phi) is 29.4. The third-order valence-corrected chi connectivity index (χ3v) is 7.87. The first-order chi connectivity index (χ1) is 18.2. The summed E-state index contributed by atoms with van der Waals surface area (Å²) in [4.78, 5) is 12.2. The van der Waals surface area contributed by atoms with Crippen molar-refractivity contribution < 1.29 is 15.0 Å². The Morgan fingerprint density at radius 3 is 1.22 bits per heavy atom. The summed E-state index contributed by atoms with van der Waals surface area (Å²) in [5.41, 5.74) is 0. The van der Waals surface area contributed by atoms with Gasteiger partial charge in [-0.2, -0.15) is 0 Å². The van der Waals surface area contributed by atoms with Crippen LogP contribution >= 0.6 is 0 Å². The van der Waals surface area contributed by atoms with Crippen molar-refractivity contribution in [2.45, 2.75) is 199 Å². The zero-order chi connectivity index (χ0) is 27.2. The number of aliphatic hydroxyl groups is 2. The first-order valence-corrected chi connectivity index (χ1v) is 16.7. The molecular formula is C33H67NO3. The van der Waals surface area contributed by atoms with E-state index in [4.69, 9.17) is 0 Å². The van der Waals surface area contributed by atoms with E-state index in [-0.39, 0.29) is 12.5 Å². The van der Waals surface area contributed by atoms with E-state index >= 15 is 0 Å². The van der Waals surface area contributed by atoms with Crippen LogP contribution < -0.4 is 5.32 Å². The number of amides is 1. The zero-order valence-electron chi connectivity index (χ0n) is 25.3. The number of aliphatic hydroxyl groups excluding tert-OH is 2. The summed E-state index contributed by atoms with van der Waals surface area (Å²) in [6.07, 6.45) is 33.0. The molecular weight excluding hydrogens is 458 g/mol. The topological polar surface area (TPSA) is 69.6 Å². The van der Waals surface area contributed by atoms with Crippen molar-refractivity contribution in [3.63, 3.8) is 0 Å². The molecule has 0 saturated heterocycles. The predicted molar refractivity (Wildman–Crippen MR) is 161 cm³/mol. The van der Waals surface area contributed by atoms with Gasteiger partial charge in [0.2, 0.25) is 5.91 Å². The van der Waals surface area contributed by atoms with Crippen molar-refractivity contribution >= 4 is 5.91 Å². The SMILES string of the molecule is CCCCCCCCCCCCCCCCCCC[C@@H](O)[C@H](CO)NC(=O)CCCCCCCCCC. The van der Waals surface area contributed by atoms with Gasteiger partial charge in [-0.15, -0.1) is 0 Å². The Labute approximate surface area is 232 Å². The molecule has 0 fully saturated rings. The van der Waals surface area contributed by atoms with Crippen LogP contribution in [0.1, 0.15) is 187 Å². The number of carbonyl (C=O) groups is 1. The molecule has 0 bridgehead atoms. The van der Waals surface area contributed by atoms with E-state index in [1.807, 2.05) is 0 Å². The third-order valence-electron chi connectivity index (χ3n) is 7.87. The molecule has 0 aromatic carbocycles. The first kappa shape index (κ1) is 36.4. The van der Waals surface area contributed by atoms with E-state index in [2.05, 4.69) is 19.2 Å². The summed E-state index contributed by atoms with van der Waals surface area (Å²) in [7, 11) is 0. The van der Waals surface area contributed by atoms with Crippen molar-refractivity contribution in [2.75, 3.05) is 6.61 Å². The molecule has 0 aliphatic rings. The maximum Gasteiger partial charge on any atom is 0.220 e. The smallest absolute Gasteiger partial charge is 0.220 e. The second-order valence-electron chi connectivity index (χ2n) is 11.6. The molecule has 0 spiro atoms. The minimum atomic E-state index is -0.649. The van der Waals surface area contributed by atoms with E-state index in [1.54, 1.807) is 0 Å². The molecule has 222 valence electrons. The predicted octanol–water partition coefficient (Wildman–Crippen LogP) is 9.40. The number of rotatable bonds is 30. The standard InChI is InChI=1S/C33H67NO3/c1-3-5-7-9-11-13-14-15-16-17-18-19-20-21-22-24-26-28-32(36)31(30-35)34-33(37)29-27-25-23-12-10-8-6-4-2/h31-32,35-36H,3-30H2,1-2H3,(H,34,37)/t31-,32+/m0/s1. The molecule has 0 aliphatic heterocycles. The highest BCUT2D eigenvalue weighted by molar-refractivity contribution is 5.76. The number of carbonyl (C=O) groups excluding carboxylic acids is 1. The van der Waals surface area contributed by atoms with E-state index in [9.17, 15) is 15.0 Å². The van der Waals surface area contributed by atoms with Crippen LogP contribution in [0.2, 0.25) is 0 Å². The van der Waals surface area contributed by atoms with Gasteiger partial charge in [0, 0.05) is 6.42 Å². The lowest BCUT2D eigenvalue weighted by atomic mass is 10.0. The van der Waals surface area contributed by atoms with Gasteiger partial charge in [0.15, 0.2) is 0 Å². The van der Waals surface area contributed by atoms with Crippen LogP contribution in [0.25, 0.3) is 0 Å². The molecule has 0 aliphatic carbocycles. The lowest BCUT2D eigenvalue weighted by Gasteiger charge is -2.22. The largest absolute Gasteiger partial charge is 0.394 e. The van der Waals surface area contributed by atoms with Gasteiger partial charge in [-0.05, 0) is 12.8 Å². The van der Waals surface area contributed by atoms with Crippen molar-refractivity contribution in [2.24, 2.45) is 0 Å². The third kappa shape index (κ3) is 26.8. The van der Waals surface area contributed by atoms with E-state index < -0.39 is 12.1 Å². The van der Waals surface area contributed by atoms with Crippen LogP contribution in [0.15, 0.2) is 0 Å². The Hall–Kier alpha value is -0.610. The summed E-state index contributed by atoms with van der Waals surface area (Å²) in [6, 6.07) is -0.525. The highest BCUT2D eigenvalue weighted by atomic mass is 16.3. The monoisotopic (exact) mass is 526 g/mol. The number of unbranched alkanes of at least 4 members (excludes halogenated alkanes) is 23. The molecule has 1 amide bonds. The minimum absolute atomic E-state index is 0.0357. The quantitative estimate of drug-likeness (QED) is 0.0818. The molecule has 2 atom stereocenters. The fourth-order valence-corrected chi connectivity index (χ4v) is 5.24. The fraction of sp³-hybridized carbons (Fsp3) is 0.970. The van der Waals surface area contributed by atoms with Crippen LogP contribution in [0.3, 0.4) is 0 Å². The summed E-state index contributed by atoms with van der Waals surface area (Å²) in [5, 5.41) is 22.9. The van der Waals surface area contributed by atoms with Gasteiger partial charge in [0.05, 0.1) is 18.8 Å². The summed E-state index contributed by atoms with van der Waals surface area (Å²) in [6.45, 7) is 4.32. The zero-order valence-corrected chi connectivity index (χ0v) is 25.3. The van der Waals surface area contributed by atoms with Crippen molar-refractivity contribution in [1.29, 1.82) is 0 Å². The van der Waals surface area contributed by atoms with Gasteiger partial charge in [0.25, 0.3) is 0 Å².